The van der Waals surface area contributed by atoms with E-state index in [9.17, 15) is 9.18 Å². The first kappa shape index (κ1) is 12.8. The van der Waals surface area contributed by atoms with E-state index in [2.05, 4.69) is 0 Å². The fraction of sp³-hybridized carbons (Fsp3) is 0.357. The molecule has 2 aromatic rings. The summed E-state index contributed by atoms with van der Waals surface area (Å²) >= 11 is 0. The molecule has 0 bridgehead atoms. The molecular weight excluding hydrogens is 235 g/mol. The average molecular weight is 250 g/mol. The van der Waals surface area contributed by atoms with Crippen LogP contribution in [-0.2, 0) is 4.74 Å². The molecule has 0 aliphatic rings. The normalized spacial score (nSPS) is 12.0. The second-order valence-corrected chi connectivity index (χ2v) is 5.09. The number of fused-ring (bicyclic) bond motifs is 1. The molecule has 3 nitrogen and oxygen atoms in total. The summed E-state index contributed by atoms with van der Waals surface area (Å²) in [5, 5.41) is 0.578. The van der Waals surface area contributed by atoms with Crippen molar-refractivity contribution in [3.63, 3.8) is 0 Å². The highest BCUT2D eigenvalue weighted by Gasteiger charge is 2.18. The average Bonchev–Trinajstić information content (AvgIpc) is 2.70. The van der Waals surface area contributed by atoms with Crippen molar-refractivity contribution >= 4 is 16.8 Å². The Morgan fingerprint density at radius 1 is 1.39 bits per heavy atom. The molecule has 1 aromatic heterocycles. The molecule has 0 saturated carbocycles. The predicted octanol–water partition coefficient (Wildman–Crippen LogP) is 3.57. The third kappa shape index (κ3) is 2.76. The van der Waals surface area contributed by atoms with Crippen LogP contribution < -0.4 is 0 Å². The standard InChI is InChI=1S/C14H15FO3/c1-14(2,3)17-8-11(16)12-7-9-5-4-6-10(15)13(9)18-12/h4-7H,8H2,1-3H3. The van der Waals surface area contributed by atoms with Crippen LogP contribution in [0.15, 0.2) is 28.7 Å². The van der Waals surface area contributed by atoms with Crippen molar-refractivity contribution < 1.29 is 18.3 Å². The molecule has 2 rings (SSSR count). The number of Topliss-reactive ketones (excluding diaryl/α,β-unsaturated/α-hetero) is 1. The molecule has 1 aromatic carbocycles. The highest BCUT2D eigenvalue weighted by atomic mass is 19.1. The molecule has 4 heteroatoms. The van der Waals surface area contributed by atoms with E-state index in [1.807, 2.05) is 20.8 Å². The van der Waals surface area contributed by atoms with Crippen LogP contribution in [-0.4, -0.2) is 18.0 Å². The summed E-state index contributed by atoms with van der Waals surface area (Å²) in [6.07, 6.45) is 0. The first-order valence-electron chi connectivity index (χ1n) is 5.72. The van der Waals surface area contributed by atoms with Gasteiger partial charge in [0, 0.05) is 5.39 Å². The maximum Gasteiger partial charge on any atom is 0.223 e. The SMILES string of the molecule is CC(C)(C)OCC(=O)c1cc2cccc(F)c2o1. The highest BCUT2D eigenvalue weighted by molar-refractivity contribution is 5.98. The maximum atomic E-state index is 13.4. The number of hydrogen-bond acceptors (Lipinski definition) is 3. The van der Waals surface area contributed by atoms with E-state index in [1.165, 1.54) is 12.1 Å². The summed E-state index contributed by atoms with van der Waals surface area (Å²) in [5.41, 5.74) is -0.288. The van der Waals surface area contributed by atoms with Gasteiger partial charge in [-0.25, -0.2) is 4.39 Å². The largest absolute Gasteiger partial charge is 0.450 e. The molecule has 0 unspecified atom stereocenters. The van der Waals surface area contributed by atoms with E-state index >= 15 is 0 Å². The summed E-state index contributed by atoms with van der Waals surface area (Å²) in [5.74, 6) is -0.636. The number of ketones is 1. The van der Waals surface area contributed by atoms with Gasteiger partial charge in [0.2, 0.25) is 5.78 Å². The zero-order chi connectivity index (χ0) is 13.3. The lowest BCUT2D eigenvalue weighted by Crippen LogP contribution is -2.23. The van der Waals surface area contributed by atoms with Crippen molar-refractivity contribution in [3.05, 3.63) is 35.8 Å². The van der Waals surface area contributed by atoms with Gasteiger partial charge in [-0.05, 0) is 32.9 Å². The summed E-state index contributed by atoms with van der Waals surface area (Å²) in [6, 6.07) is 6.11. The minimum atomic E-state index is -0.469. The zero-order valence-electron chi connectivity index (χ0n) is 10.6. The minimum absolute atomic E-state index is 0.0784. The lowest BCUT2D eigenvalue weighted by molar-refractivity contribution is 0.00212. The number of rotatable bonds is 3. The van der Waals surface area contributed by atoms with E-state index in [0.29, 0.717) is 5.39 Å². The van der Waals surface area contributed by atoms with Gasteiger partial charge in [-0.1, -0.05) is 12.1 Å². The fourth-order valence-corrected chi connectivity index (χ4v) is 1.52. The molecule has 96 valence electrons. The second kappa shape index (κ2) is 4.53. The van der Waals surface area contributed by atoms with Gasteiger partial charge < -0.3 is 9.15 Å². The van der Waals surface area contributed by atoms with Crippen molar-refractivity contribution in [2.75, 3.05) is 6.61 Å². The van der Waals surface area contributed by atoms with Crippen LogP contribution in [0.25, 0.3) is 11.0 Å². The quantitative estimate of drug-likeness (QED) is 0.782. The number of halogens is 1. The van der Waals surface area contributed by atoms with Gasteiger partial charge in [0.05, 0.1) is 5.60 Å². The molecule has 0 fully saturated rings. The Morgan fingerprint density at radius 3 is 2.72 bits per heavy atom. The van der Waals surface area contributed by atoms with Gasteiger partial charge >= 0.3 is 0 Å². The molecular formula is C14H15FO3. The van der Waals surface area contributed by atoms with E-state index in [1.54, 1.807) is 12.1 Å². The van der Waals surface area contributed by atoms with Crippen molar-refractivity contribution in [1.82, 2.24) is 0 Å². The molecule has 0 radical (unpaired) electrons. The van der Waals surface area contributed by atoms with Crippen molar-refractivity contribution in [2.24, 2.45) is 0 Å². The molecule has 0 spiro atoms. The van der Waals surface area contributed by atoms with Gasteiger partial charge in [0.15, 0.2) is 17.2 Å². The van der Waals surface area contributed by atoms with Crippen molar-refractivity contribution in [3.8, 4) is 0 Å². The van der Waals surface area contributed by atoms with Gasteiger partial charge in [-0.3, -0.25) is 4.79 Å². The Kier molecular flexibility index (Phi) is 3.22. The van der Waals surface area contributed by atoms with E-state index in [-0.39, 0.29) is 23.7 Å². The monoisotopic (exact) mass is 250 g/mol. The molecule has 0 aliphatic heterocycles. The van der Waals surface area contributed by atoms with Gasteiger partial charge in [-0.2, -0.15) is 0 Å². The fourth-order valence-electron chi connectivity index (χ4n) is 1.52. The lowest BCUT2D eigenvalue weighted by atomic mass is 10.2. The molecule has 18 heavy (non-hydrogen) atoms. The summed E-state index contributed by atoms with van der Waals surface area (Å²) in [6.45, 7) is 5.50. The van der Waals surface area contributed by atoms with E-state index < -0.39 is 11.4 Å². The Morgan fingerprint density at radius 2 is 2.11 bits per heavy atom. The number of carbonyl (C=O) groups is 1. The van der Waals surface area contributed by atoms with Crippen LogP contribution in [0.3, 0.4) is 0 Å². The van der Waals surface area contributed by atoms with Gasteiger partial charge in [0.25, 0.3) is 0 Å². The number of ether oxygens (including phenoxy) is 1. The van der Waals surface area contributed by atoms with Crippen LogP contribution in [0.5, 0.6) is 0 Å². The summed E-state index contributed by atoms with van der Waals surface area (Å²) in [7, 11) is 0. The Bertz CT molecular complexity index is 578. The predicted molar refractivity (Wildman–Crippen MR) is 66.2 cm³/mol. The third-order valence-corrected chi connectivity index (χ3v) is 2.41. The van der Waals surface area contributed by atoms with Crippen molar-refractivity contribution in [2.45, 2.75) is 26.4 Å². The zero-order valence-corrected chi connectivity index (χ0v) is 10.6. The maximum absolute atomic E-state index is 13.4. The first-order valence-corrected chi connectivity index (χ1v) is 5.72. The molecule has 0 N–H and O–H groups in total. The third-order valence-electron chi connectivity index (χ3n) is 2.41. The molecule has 0 aliphatic carbocycles. The van der Waals surface area contributed by atoms with Crippen molar-refractivity contribution in [1.29, 1.82) is 0 Å². The van der Waals surface area contributed by atoms with Crippen LogP contribution >= 0.6 is 0 Å². The summed E-state index contributed by atoms with van der Waals surface area (Å²) in [4.78, 5) is 11.8. The number of benzene rings is 1. The number of hydrogen-bond donors (Lipinski definition) is 0. The van der Waals surface area contributed by atoms with Crippen LogP contribution in [0.1, 0.15) is 31.3 Å². The number of furan rings is 1. The van der Waals surface area contributed by atoms with E-state index in [0.717, 1.165) is 0 Å². The van der Waals surface area contributed by atoms with Crippen LogP contribution in [0, 0.1) is 5.82 Å². The molecule has 0 amide bonds. The molecule has 1 heterocycles. The minimum Gasteiger partial charge on any atom is -0.450 e. The number of para-hydroxylation sites is 1. The topological polar surface area (TPSA) is 39.4 Å². The Labute approximate surface area is 105 Å². The number of carbonyl (C=O) groups excluding carboxylic acids is 1. The first-order chi connectivity index (χ1) is 8.37. The summed E-state index contributed by atoms with van der Waals surface area (Å²) < 4.78 is 24.0. The Hall–Kier alpha value is -1.68. The lowest BCUT2D eigenvalue weighted by Gasteiger charge is -2.18. The smallest absolute Gasteiger partial charge is 0.223 e. The second-order valence-electron chi connectivity index (χ2n) is 5.09. The molecule has 0 saturated heterocycles. The van der Waals surface area contributed by atoms with Gasteiger partial charge in [-0.15, -0.1) is 0 Å². The van der Waals surface area contributed by atoms with Gasteiger partial charge in [0.1, 0.15) is 6.61 Å². The Balaban J connectivity index is 2.21. The van der Waals surface area contributed by atoms with Crippen LogP contribution in [0.2, 0.25) is 0 Å². The molecule has 0 atom stereocenters. The highest BCUT2D eigenvalue weighted by Crippen LogP contribution is 2.22. The van der Waals surface area contributed by atoms with Crippen LogP contribution in [0.4, 0.5) is 4.39 Å². The van der Waals surface area contributed by atoms with E-state index in [4.69, 9.17) is 9.15 Å².